The Morgan fingerprint density at radius 3 is 2.50 bits per heavy atom. The summed E-state index contributed by atoms with van der Waals surface area (Å²) in [4.78, 5) is 4.32. The number of benzene rings is 2. The number of nitrogens with zero attached hydrogens (tertiary/aromatic N) is 2. The number of para-hydroxylation sites is 2. The first-order valence-corrected chi connectivity index (χ1v) is 8.68. The summed E-state index contributed by atoms with van der Waals surface area (Å²) in [6, 6.07) is 13.3. The van der Waals surface area contributed by atoms with E-state index in [4.69, 9.17) is 23.8 Å². The molecule has 24 heavy (non-hydrogen) atoms. The molecule has 0 saturated carbocycles. The Kier molecular flexibility index (Phi) is 5.11. The van der Waals surface area contributed by atoms with Crippen LogP contribution in [0, 0.1) is 6.92 Å². The van der Waals surface area contributed by atoms with E-state index < -0.39 is 0 Å². The van der Waals surface area contributed by atoms with Gasteiger partial charge in [0.1, 0.15) is 5.75 Å². The molecule has 0 aliphatic carbocycles. The van der Waals surface area contributed by atoms with Crippen LogP contribution in [0.4, 0.5) is 11.4 Å². The van der Waals surface area contributed by atoms with E-state index in [1.807, 2.05) is 43.3 Å². The zero-order valence-electron chi connectivity index (χ0n) is 13.5. The third-order valence-electron chi connectivity index (χ3n) is 4.21. The number of aromatic hydroxyl groups is 1. The fourth-order valence-electron chi connectivity index (χ4n) is 2.76. The van der Waals surface area contributed by atoms with E-state index >= 15 is 0 Å². The van der Waals surface area contributed by atoms with Crippen molar-refractivity contribution in [1.82, 2.24) is 4.90 Å². The third-order valence-corrected chi connectivity index (χ3v) is 4.98. The molecular formula is C18H20ClN3OS. The third kappa shape index (κ3) is 3.74. The van der Waals surface area contributed by atoms with Crippen LogP contribution in [0.3, 0.4) is 0 Å². The number of anilines is 2. The summed E-state index contributed by atoms with van der Waals surface area (Å²) in [5, 5.41) is 14.7. The Hall–Kier alpha value is -1.98. The van der Waals surface area contributed by atoms with Crippen molar-refractivity contribution in [2.75, 3.05) is 36.4 Å². The first-order valence-electron chi connectivity index (χ1n) is 7.89. The number of nitrogens with one attached hydrogen (secondary N) is 1. The van der Waals surface area contributed by atoms with Crippen molar-refractivity contribution < 1.29 is 5.11 Å². The van der Waals surface area contributed by atoms with E-state index in [1.165, 1.54) is 0 Å². The van der Waals surface area contributed by atoms with Crippen molar-refractivity contribution in [2.45, 2.75) is 6.92 Å². The SMILES string of the molecule is Cc1ccc(NC(=S)N2CCN(c3ccccc3O)CC2)cc1Cl. The summed E-state index contributed by atoms with van der Waals surface area (Å²) in [6.45, 7) is 5.21. The van der Waals surface area contributed by atoms with Gasteiger partial charge in [0.25, 0.3) is 0 Å². The second-order valence-corrected chi connectivity index (χ2v) is 6.65. The molecule has 3 rings (SSSR count). The van der Waals surface area contributed by atoms with Crippen molar-refractivity contribution in [3.8, 4) is 5.75 Å². The summed E-state index contributed by atoms with van der Waals surface area (Å²) < 4.78 is 0. The van der Waals surface area contributed by atoms with Gasteiger partial charge in [-0.25, -0.2) is 0 Å². The Morgan fingerprint density at radius 1 is 1.12 bits per heavy atom. The Bertz CT molecular complexity index is 745. The van der Waals surface area contributed by atoms with Gasteiger partial charge in [0.2, 0.25) is 0 Å². The Balaban J connectivity index is 1.59. The summed E-state index contributed by atoms with van der Waals surface area (Å²) in [5.41, 5.74) is 2.82. The van der Waals surface area contributed by atoms with Crippen molar-refractivity contribution in [3.05, 3.63) is 53.1 Å². The first-order chi connectivity index (χ1) is 11.5. The second-order valence-electron chi connectivity index (χ2n) is 5.86. The highest BCUT2D eigenvalue weighted by Gasteiger charge is 2.20. The lowest BCUT2D eigenvalue weighted by molar-refractivity contribution is 0.387. The van der Waals surface area contributed by atoms with Crippen LogP contribution in [0.25, 0.3) is 0 Å². The molecule has 6 heteroatoms. The number of aryl methyl sites for hydroxylation is 1. The maximum atomic E-state index is 9.98. The van der Waals surface area contributed by atoms with E-state index in [2.05, 4.69) is 15.1 Å². The molecule has 2 aromatic carbocycles. The van der Waals surface area contributed by atoms with Crippen LogP contribution in [-0.2, 0) is 0 Å². The van der Waals surface area contributed by atoms with Crippen LogP contribution in [0.5, 0.6) is 5.75 Å². The number of piperazine rings is 1. The van der Waals surface area contributed by atoms with Gasteiger partial charge < -0.3 is 20.2 Å². The highest BCUT2D eigenvalue weighted by Crippen LogP contribution is 2.27. The largest absolute Gasteiger partial charge is 0.506 e. The summed E-state index contributed by atoms with van der Waals surface area (Å²) >= 11 is 11.7. The van der Waals surface area contributed by atoms with Crippen molar-refractivity contribution >= 4 is 40.3 Å². The average molecular weight is 362 g/mol. The van der Waals surface area contributed by atoms with Gasteiger partial charge in [-0.1, -0.05) is 29.8 Å². The maximum absolute atomic E-state index is 9.98. The number of hydrogen-bond acceptors (Lipinski definition) is 3. The molecule has 2 N–H and O–H groups in total. The fraction of sp³-hybridized carbons (Fsp3) is 0.278. The predicted molar refractivity (Wildman–Crippen MR) is 104 cm³/mol. The zero-order chi connectivity index (χ0) is 17.1. The average Bonchev–Trinajstić information content (AvgIpc) is 2.59. The van der Waals surface area contributed by atoms with Crippen molar-refractivity contribution in [3.63, 3.8) is 0 Å². The van der Waals surface area contributed by atoms with Crippen LogP contribution in [0.15, 0.2) is 42.5 Å². The van der Waals surface area contributed by atoms with Crippen molar-refractivity contribution in [2.24, 2.45) is 0 Å². The smallest absolute Gasteiger partial charge is 0.173 e. The van der Waals surface area contributed by atoms with E-state index in [9.17, 15) is 5.11 Å². The van der Waals surface area contributed by atoms with Crippen LogP contribution in [0.1, 0.15) is 5.56 Å². The minimum Gasteiger partial charge on any atom is -0.506 e. The molecule has 1 aliphatic heterocycles. The van der Waals surface area contributed by atoms with Crippen LogP contribution in [0.2, 0.25) is 5.02 Å². The first kappa shape index (κ1) is 16.9. The van der Waals surface area contributed by atoms with Gasteiger partial charge >= 0.3 is 0 Å². The number of rotatable bonds is 2. The molecular weight excluding hydrogens is 342 g/mol. The monoisotopic (exact) mass is 361 g/mol. The van der Waals surface area contributed by atoms with E-state index in [-0.39, 0.29) is 0 Å². The molecule has 1 heterocycles. The molecule has 4 nitrogen and oxygen atoms in total. The molecule has 0 unspecified atom stereocenters. The van der Waals surface area contributed by atoms with E-state index in [0.717, 1.165) is 48.1 Å². The standard InChI is InChI=1S/C18H20ClN3OS/c1-13-6-7-14(12-15(13)19)20-18(24)22-10-8-21(9-11-22)16-4-2-3-5-17(16)23/h2-7,12,23H,8-11H2,1H3,(H,20,24). The van der Waals surface area contributed by atoms with Gasteiger partial charge in [-0.05, 0) is 49.0 Å². The fourth-order valence-corrected chi connectivity index (χ4v) is 3.24. The molecule has 0 radical (unpaired) electrons. The highest BCUT2D eigenvalue weighted by molar-refractivity contribution is 7.80. The van der Waals surface area contributed by atoms with Gasteiger partial charge in [0.15, 0.2) is 5.11 Å². The minimum atomic E-state index is 0.320. The van der Waals surface area contributed by atoms with Gasteiger partial charge in [-0.15, -0.1) is 0 Å². The lowest BCUT2D eigenvalue weighted by Gasteiger charge is -2.37. The molecule has 0 aromatic heterocycles. The maximum Gasteiger partial charge on any atom is 0.173 e. The second kappa shape index (κ2) is 7.28. The number of halogens is 1. The van der Waals surface area contributed by atoms with Gasteiger partial charge in [0.05, 0.1) is 5.69 Å². The Labute approximate surface area is 152 Å². The number of hydrogen-bond donors (Lipinski definition) is 2. The normalized spacial score (nSPS) is 14.6. The van der Waals surface area contributed by atoms with Gasteiger partial charge in [-0.3, -0.25) is 0 Å². The molecule has 2 aromatic rings. The van der Waals surface area contributed by atoms with Crippen LogP contribution < -0.4 is 10.2 Å². The lowest BCUT2D eigenvalue weighted by atomic mass is 10.2. The Morgan fingerprint density at radius 2 is 1.83 bits per heavy atom. The van der Waals surface area contributed by atoms with E-state index in [1.54, 1.807) is 6.07 Å². The molecule has 0 spiro atoms. The molecule has 0 bridgehead atoms. The topological polar surface area (TPSA) is 38.7 Å². The molecule has 1 saturated heterocycles. The molecule has 1 fully saturated rings. The quantitative estimate of drug-likeness (QED) is 0.794. The summed E-state index contributed by atoms with van der Waals surface area (Å²) in [6.07, 6.45) is 0. The number of phenolic OH excluding ortho intramolecular Hbond substituents is 1. The number of thiocarbonyl (C=S) groups is 1. The minimum absolute atomic E-state index is 0.320. The summed E-state index contributed by atoms with van der Waals surface area (Å²) in [5.74, 6) is 0.320. The molecule has 1 aliphatic rings. The zero-order valence-corrected chi connectivity index (χ0v) is 15.1. The molecule has 0 amide bonds. The van der Waals surface area contributed by atoms with E-state index in [0.29, 0.717) is 10.9 Å². The van der Waals surface area contributed by atoms with Gasteiger partial charge in [-0.2, -0.15) is 0 Å². The van der Waals surface area contributed by atoms with Crippen molar-refractivity contribution in [1.29, 1.82) is 0 Å². The highest BCUT2D eigenvalue weighted by atomic mass is 35.5. The predicted octanol–water partition coefficient (Wildman–Crippen LogP) is 3.87. The number of phenols is 1. The molecule has 126 valence electrons. The van der Waals surface area contributed by atoms with Crippen LogP contribution in [-0.4, -0.2) is 41.3 Å². The van der Waals surface area contributed by atoms with Gasteiger partial charge in [0, 0.05) is 36.9 Å². The lowest BCUT2D eigenvalue weighted by Crippen LogP contribution is -2.50. The molecule has 0 atom stereocenters. The van der Waals surface area contributed by atoms with Crippen LogP contribution >= 0.6 is 23.8 Å². The summed E-state index contributed by atoms with van der Waals surface area (Å²) in [7, 11) is 0.